The van der Waals surface area contributed by atoms with E-state index in [2.05, 4.69) is 34.6 Å². The van der Waals surface area contributed by atoms with Crippen LogP contribution < -0.4 is 10.1 Å². The highest BCUT2D eigenvalue weighted by Crippen LogP contribution is 2.60. The molecule has 6 heteroatoms. The van der Waals surface area contributed by atoms with E-state index in [1.54, 1.807) is 30.5 Å². The third-order valence-electron chi connectivity index (χ3n) is 8.57. The summed E-state index contributed by atoms with van der Waals surface area (Å²) >= 11 is 0. The molecule has 8 rings (SSSR count). The summed E-state index contributed by atoms with van der Waals surface area (Å²) in [7, 11) is 0. The number of carbonyl (C=O) groups is 1. The van der Waals surface area contributed by atoms with Gasteiger partial charge in [0.2, 0.25) is 5.89 Å². The molecule has 4 fully saturated rings. The molecule has 4 aromatic rings. The quantitative estimate of drug-likeness (QED) is 0.330. The number of nitrogens with one attached hydrogen (secondary N) is 1. The molecule has 0 atom stereocenters. The third-order valence-corrected chi connectivity index (χ3v) is 8.57. The predicted octanol–water partition coefficient (Wildman–Crippen LogP) is 6.40. The number of fused-ring (bicyclic) bond motifs is 1. The molecule has 4 aliphatic carbocycles. The predicted molar refractivity (Wildman–Crippen MR) is 135 cm³/mol. The molecule has 1 amide bonds. The van der Waals surface area contributed by atoms with E-state index in [9.17, 15) is 4.79 Å². The Balaban J connectivity index is 1.000. The molecule has 2 aromatic heterocycles. The first-order chi connectivity index (χ1) is 17.6. The fraction of sp³-hybridized carbons (Fsp3) is 0.400. The zero-order valence-electron chi connectivity index (χ0n) is 20.2. The molecule has 36 heavy (non-hydrogen) atoms. The average Bonchev–Trinajstić information content (AvgIpc) is 3.55. The Hall–Kier alpha value is -3.54. The molecule has 0 saturated heterocycles. The minimum absolute atomic E-state index is 0.193. The number of benzene rings is 2. The molecular formula is C30H30N2O4. The highest BCUT2D eigenvalue weighted by molar-refractivity contribution is 5.96. The van der Waals surface area contributed by atoms with Crippen LogP contribution in [0.15, 0.2) is 69.7 Å². The highest BCUT2D eigenvalue weighted by Gasteiger charge is 2.51. The van der Waals surface area contributed by atoms with Crippen LogP contribution in [-0.2, 0) is 18.6 Å². The SMILES string of the molecule is O=C(NCc1ccco1)c1ccc2nc(COc3ccc(C45CC6CC(CC(C6)C4)C5)cc3)oc2c1. The van der Waals surface area contributed by atoms with Crippen LogP contribution in [0.1, 0.15) is 66.1 Å². The van der Waals surface area contributed by atoms with Crippen molar-refractivity contribution in [3.05, 3.63) is 83.6 Å². The number of aromatic nitrogens is 1. The maximum Gasteiger partial charge on any atom is 0.251 e. The molecule has 1 N–H and O–H groups in total. The molecular weight excluding hydrogens is 452 g/mol. The number of nitrogens with zero attached hydrogens (tertiary/aromatic N) is 1. The lowest BCUT2D eigenvalue weighted by molar-refractivity contribution is -0.00521. The second kappa shape index (κ2) is 8.54. The van der Waals surface area contributed by atoms with Gasteiger partial charge in [-0.15, -0.1) is 0 Å². The van der Waals surface area contributed by atoms with E-state index in [0.29, 0.717) is 40.3 Å². The maximum atomic E-state index is 12.5. The number of oxazole rings is 1. The zero-order chi connectivity index (χ0) is 24.1. The Labute approximate surface area is 210 Å². The molecule has 4 aliphatic rings. The van der Waals surface area contributed by atoms with E-state index >= 15 is 0 Å². The van der Waals surface area contributed by atoms with Crippen molar-refractivity contribution in [2.75, 3.05) is 0 Å². The second-order valence-corrected chi connectivity index (χ2v) is 11.1. The van der Waals surface area contributed by atoms with Crippen LogP contribution >= 0.6 is 0 Å². The van der Waals surface area contributed by atoms with Crippen molar-refractivity contribution in [2.24, 2.45) is 17.8 Å². The molecule has 0 unspecified atom stereocenters. The first kappa shape index (κ1) is 21.7. The van der Waals surface area contributed by atoms with Crippen molar-refractivity contribution in [1.29, 1.82) is 0 Å². The molecule has 184 valence electrons. The lowest BCUT2D eigenvalue weighted by Gasteiger charge is -2.57. The van der Waals surface area contributed by atoms with E-state index in [1.165, 1.54) is 44.1 Å². The van der Waals surface area contributed by atoms with E-state index < -0.39 is 0 Å². The van der Waals surface area contributed by atoms with Crippen molar-refractivity contribution in [3.8, 4) is 5.75 Å². The van der Waals surface area contributed by atoms with E-state index in [-0.39, 0.29) is 12.5 Å². The lowest BCUT2D eigenvalue weighted by Crippen LogP contribution is -2.48. The van der Waals surface area contributed by atoms with Gasteiger partial charge in [0.05, 0.1) is 12.8 Å². The van der Waals surface area contributed by atoms with Crippen LogP contribution in [-0.4, -0.2) is 10.9 Å². The molecule has 0 spiro atoms. The van der Waals surface area contributed by atoms with Crippen LogP contribution in [0.2, 0.25) is 0 Å². The number of furan rings is 1. The Morgan fingerprint density at radius 3 is 2.44 bits per heavy atom. The topological polar surface area (TPSA) is 77.5 Å². The number of carbonyl (C=O) groups excluding carboxylic acids is 1. The summed E-state index contributed by atoms with van der Waals surface area (Å²) in [6, 6.07) is 17.6. The van der Waals surface area contributed by atoms with Gasteiger partial charge in [0, 0.05) is 5.56 Å². The second-order valence-electron chi connectivity index (χ2n) is 11.1. The summed E-state index contributed by atoms with van der Waals surface area (Å²) in [5.41, 5.74) is 3.67. The monoisotopic (exact) mass is 482 g/mol. The summed E-state index contributed by atoms with van der Waals surface area (Å²) in [5, 5.41) is 2.85. The normalized spacial score (nSPS) is 26.4. The largest absolute Gasteiger partial charge is 0.484 e. The summed E-state index contributed by atoms with van der Waals surface area (Å²) < 4.78 is 17.2. The van der Waals surface area contributed by atoms with Crippen molar-refractivity contribution in [2.45, 2.75) is 57.1 Å². The maximum absolute atomic E-state index is 12.5. The Morgan fingerprint density at radius 1 is 1.00 bits per heavy atom. The molecule has 4 saturated carbocycles. The van der Waals surface area contributed by atoms with Gasteiger partial charge in [-0.2, -0.15) is 0 Å². The smallest absolute Gasteiger partial charge is 0.251 e. The minimum atomic E-state index is -0.193. The molecule has 2 aromatic carbocycles. The van der Waals surface area contributed by atoms with Gasteiger partial charge in [-0.3, -0.25) is 4.79 Å². The average molecular weight is 483 g/mol. The highest BCUT2D eigenvalue weighted by atomic mass is 16.5. The Morgan fingerprint density at radius 2 is 1.75 bits per heavy atom. The van der Waals surface area contributed by atoms with Gasteiger partial charge in [0.25, 0.3) is 5.91 Å². The molecule has 2 heterocycles. The fourth-order valence-corrected chi connectivity index (χ4v) is 7.37. The number of amides is 1. The van der Waals surface area contributed by atoms with Gasteiger partial charge in [-0.1, -0.05) is 12.1 Å². The van der Waals surface area contributed by atoms with Crippen LogP contribution in [0, 0.1) is 17.8 Å². The summed E-state index contributed by atoms with van der Waals surface area (Å²) in [5.74, 6) is 4.64. The fourth-order valence-electron chi connectivity index (χ4n) is 7.37. The summed E-state index contributed by atoms with van der Waals surface area (Å²) in [6.07, 6.45) is 10.1. The van der Waals surface area contributed by atoms with Crippen LogP contribution in [0.4, 0.5) is 0 Å². The Bertz CT molecular complexity index is 1350. The summed E-state index contributed by atoms with van der Waals surface area (Å²) in [6.45, 7) is 0.576. The molecule has 0 radical (unpaired) electrons. The van der Waals surface area contributed by atoms with E-state index in [1.807, 2.05) is 6.07 Å². The van der Waals surface area contributed by atoms with Crippen molar-refractivity contribution >= 4 is 17.0 Å². The van der Waals surface area contributed by atoms with Gasteiger partial charge in [0.15, 0.2) is 12.2 Å². The van der Waals surface area contributed by atoms with Crippen molar-refractivity contribution in [1.82, 2.24) is 10.3 Å². The number of ether oxygens (including phenoxy) is 1. The van der Waals surface area contributed by atoms with Gasteiger partial charge in [-0.25, -0.2) is 4.98 Å². The minimum Gasteiger partial charge on any atom is -0.484 e. The molecule has 4 bridgehead atoms. The van der Waals surface area contributed by atoms with Crippen LogP contribution in [0.3, 0.4) is 0 Å². The first-order valence-electron chi connectivity index (χ1n) is 13.1. The first-order valence-corrected chi connectivity index (χ1v) is 13.1. The van der Waals surface area contributed by atoms with Crippen LogP contribution in [0.25, 0.3) is 11.1 Å². The van der Waals surface area contributed by atoms with Gasteiger partial charge < -0.3 is 18.9 Å². The van der Waals surface area contributed by atoms with E-state index in [0.717, 1.165) is 23.5 Å². The number of hydrogen-bond acceptors (Lipinski definition) is 5. The lowest BCUT2D eigenvalue weighted by atomic mass is 9.48. The number of rotatable bonds is 7. The third kappa shape index (κ3) is 3.98. The Kier molecular flexibility index (Phi) is 5.15. The van der Waals surface area contributed by atoms with E-state index in [4.69, 9.17) is 13.6 Å². The number of hydrogen-bond donors (Lipinski definition) is 1. The van der Waals surface area contributed by atoms with Crippen molar-refractivity contribution in [3.63, 3.8) is 0 Å². The molecule has 6 nitrogen and oxygen atoms in total. The molecule has 0 aliphatic heterocycles. The standard InChI is InChI=1S/C30H30N2O4/c33-29(31-17-25-2-1-9-34-25)22-3-8-26-27(13-22)36-28(32-26)18-35-24-6-4-23(5-7-24)30-14-19-10-20(15-30)12-21(11-19)16-30/h1-9,13,19-21H,10-12,14-18H2,(H,31,33). The summed E-state index contributed by atoms with van der Waals surface area (Å²) in [4.78, 5) is 17.0. The zero-order valence-corrected chi connectivity index (χ0v) is 20.2. The van der Waals surface area contributed by atoms with Gasteiger partial charge in [-0.05, 0) is 110 Å². The van der Waals surface area contributed by atoms with Crippen molar-refractivity contribution < 1.29 is 18.4 Å². The van der Waals surface area contributed by atoms with Gasteiger partial charge in [0.1, 0.15) is 17.0 Å². The van der Waals surface area contributed by atoms with Crippen LogP contribution in [0.5, 0.6) is 5.75 Å². The van der Waals surface area contributed by atoms with Gasteiger partial charge >= 0.3 is 0 Å².